The van der Waals surface area contributed by atoms with Gasteiger partial charge in [0.2, 0.25) is 10.0 Å². The van der Waals surface area contributed by atoms with E-state index in [1.165, 1.54) is 35.7 Å². The van der Waals surface area contributed by atoms with Crippen molar-refractivity contribution in [2.75, 3.05) is 20.2 Å². The van der Waals surface area contributed by atoms with Crippen LogP contribution in [0.4, 0.5) is 0 Å². The first-order chi connectivity index (χ1) is 13.7. The number of benzene rings is 1. The predicted molar refractivity (Wildman–Crippen MR) is 109 cm³/mol. The fraction of sp³-hybridized carbons (Fsp3) is 0.619. The molecule has 0 aromatic heterocycles. The van der Waals surface area contributed by atoms with Crippen LogP contribution in [0, 0.1) is 11.8 Å². The number of hydrogen-bond acceptors (Lipinski definition) is 5. The van der Waals surface area contributed by atoms with Crippen LogP contribution in [0.25, 0.3) is 0 Å². The Morgan fingerprint density at radius 1 is 1.07 bits per heavy atom. The SMILES string of the molecule is COC(=O)C1(NC(=O)c2ccc(S(=O)(=O)N3CC(C)CC(C)C3)cc2)CCCC1. The predicted octanol–water partition coefficient (Wildman–Crippen LogP) is 2.57. The highest BCUT2D eigenvalue weighted by atomic mass is 32.2. The Morgan fingerprint density at radius 3 is 2.14 bits per heavy atom. The van der Waals surface area contributed by atoms with Crippen molar-refractivity contribution in [2.45, 2.75) is 56.4 Å². The molecule has 1 aromatic carbocycles. The van der Waals surface area contributed by atoms with Crippen LogP contribution in [0.3, 0.4) is 0 Å². The number of esters is 1. The number of piperidine rings is 1. The van der Waals surface area contributed by atoms with Gasteiger partial charge in [0.05, 0.1) is 12.0 Å². The molecular weight excluding hydrogens is 392 g/mol. The van der Waals surface area contributed by atoms with Crippen LogP contribution in [-0.2, 0) is 19.6 Å². The lowest BCUT2D eigenvalue weighted by Gasteiger charge is -2.34. The first kappa shape index (κ1) is 21.8. The average molecular weight is 423 g/mol. The fourth-order valence-corrected chi connectivity index (χ4v) is 6.25. The van der Waals surface area contributed by atoms with Gasteiger partial charge in [-0.25, -0.2) is 13.2 Å². The molecule has 2 aliphatic rings. The molecule has 1 saturated carbocycles. The van der Waals surface area contributed by atoms with E-state index in [2.05, 4.69) is 19.2 Å². The van der Waals surface area contributed by atoms with Crippen molar-refractivity contribution in [3.8, 4) is 0 Å². The van der Waals surface area contributed by atoms with Crippen LogP contribution in [0.5, 0.6) is 0 Å². The zero-order chi connectivity index (χ0) is 21.2. The zero-order valence-corrected chi connectivity index (χ0v) is 18.1. The van der Waals surface area contributed by atoms with Crippen LogP contribution < -0.4 is 5.32 Å². The van der Waals surface area contributed by atoms with E-state index in [1.54, 1.807) is 0 Å². The van der Waals surface area contributed by atoms with Crippen molar-refractivity contribution in [1.29, 1.82) is 0 Å². The van der Waals surface area contributed by atoms with Crippen molar-refractivity contribution in [1.82, 2.24) is 9.62 Å². The van der Waals surface area contributed by atoms with E-state index in [4.69, 9.17) is 4.74 Å². The average Bonchev–Trinajstić information content (AvgIpc) is 3.16. The molecule has 1 aliphatic carbocycles. The number of carbonyl (C=O) groups is 2. The summed E-state index contributed by atoms with van der Waals surface area (Å²) in [5.41, 5.74) is -0.670. The molecular formula is C21H30N2O5S. The third-order valence-corrected chi connectivity index (χ3v) is 7.82. The van der Waals surface area contributed by atoms with Crippen LogP contribution >= 0.6 is 0 Å². The second kappa shape index (κ2) is 8.44. The smallest absolute Gasteiger partial charge is 0.331 e. The number of hydrogen-bond donors (Lipinski definition) is 1. The zero-order valence-electron chi connectivity index (χ0n) is 17.3. The Labute approximate surface area is 172 Å². The Hall–Kier alpha value is -1.93. The normalized spacial score (nSPS) is 24.8. The van der Waals surface area contributed by atoms with Crippen molar-refractivity contribution < 1.29 is 22.7 Å². The van der Waals surface area contributed by atoms with Crippen LogP contribution in [-0.4, -0.2) is 50.3 Å². The number of amides is 1. The van der Waals surface area contributed by atoms with Gasteiger partial charge >= 0.3 is 5.97 Å². The van der Waals surface area contributed by atoms with Gasteiger partial charge in [0.1, 0.15) is 5.54 Å². The molecule has 7 nitrogen and oxygen atoms in total. The van der Waals surface area contributed by atoms with Gasteiger partial charge in [0, 0.05) is 18.7 Å². The highest BCUT2D eigenvalue weighted by molar-refractivity contribution is 7.89. The van der Waals surface area contributed by atoms with E-state index in [-0.39, 0.29) is 4.90 Å². The first-order valence-electron chi connectivity index (χ1n) is 10.2. The largest absolute Gasteiger partial charge is 0.467 e. The van der Waals surface area contributed by atoms with Crippen LogP contribution in [0.2, 0.25) is 0 Å². The summed E-state index contributed by atoms with van der Waals surface area (Å²) >= 11 is 0. The summed E-state index contributed by atoms with van der Waals surface area (Å²) in [6.45, 7) is 5.14. The Balaban J connectivity index is 1.75. The van der Waals surface area contributed by atoms with Gasteiger partial charge in [0.25, 0.3) is 5.91 Å². The van der Waals surface area contributed by atoms with Crippen molar-refractivity contribution >= 4 is 21.9 Å². The number of carbonyl (C=O) groups excluding carboxylic acids is 2. The molecule has 1 amide bonds. The highest BCUT2D eigenvalue weighted by Gasteiger charge is 2.43. The lowest BCUT2D eigenvalue weighted by molar-refractivity contribution is -0.148. The monoisotopic (exact) mass is 422 g/mol. The quantitative estimate of drug-likeness (QED) is 0.736. The molecule has 29 heavy (non-hydrogen) atoms. The van der Waals surface area contributed by atoms with Crippen LogP contribution in [0.1, 0.15) is 56.3 Å². The summed E-state index contributed by atoms with van der Waals surface area (Å²) in [6, 6.07) is 5.93. The van der Waals surface area contributed by atoms with Crippen molar-refractivity contribution in [3.63, 3.8) is 0 Å². The minimum absolute atomic E-state index is 0.180. The molecule has 1 aromatic rings. The highest BCUT2D eigenvalue weighted by Crippen LogP contribution is 2.31. The van der Waals surface area contributed by atoms with Gasteiger partial charge in [-0.3, -0.25) is 4.79 Å². The molecule has 2 fully saturated rings. The van der Waals surface area contributed by atoms with Gasteiger partial charge in [-0.2, -0.15) is 4.31 Å². The molecule has 2 atom stereocenters. The fourth-order valence-electron chi connectivity index (χ4n) is 4.57. The molecule has 3 rings (SSSR count). The molecule has 8 heteroatoms. The summed E-state index contributed by atoms with van der Waals surface area (Å²) in [5.74, 6) is -0.198. The third-order valence-electron chi connectivity index (χ3n) is 5.98. The van der Waals surface area contributed by atoms with E-state index in [1.807, 2.05) is 0 Å². The number of nitrogens with one attached hydrogen (secondary N) is 1. The minimum atomic E-state index is -3.59. The van der Waals surface area contributed by atoms with Gasteiger partial charge in [-0.05, 0) is 55.4 Å². The first-order valence-corrected chi connectivity index (χ1v) is 11.6. The number of sulfonamides is 1. The number of methoxy groups -OCH3 is 1. The summed E-state index contributed by atoms with van der Waals surface area (Å²) < 4.78 is 32.4. The van der Waals surface area contributed by atoms with E-state index >= 15 is 0 Å². The Kier molecular flexibility index (Phi) is 6.33. The standard InChI is InChI=1S/C21H30N2O5S/c1-15-12-16(2)14-23(13-15)29(26,27)18-8-6-17(7-9-18)19(24)22-21(20(25)28-3)10-4-5-11-21/h6-9,15-16H,4-5,10-14H2,1-3H3,(H,22,24). The second-order valence-corrected chi connectivity index (χ2v) is 10.5. The van der Waals surface area contributed by atoms with Crippen LogP contribution in [0.15, 0.2) is 29.2 Å². The Bertz CT molecular complexity index is 850. The summed E-state index contributed by atoms with van der Waals surface area (Å²) in [5, 5.41) is 2.82. The van der Waals surface area contributed by atoms with E-state index in [9.17, 15) is 18.0 Å². The molecule has 0 bridgehead atoms. The van der Waals surface area contributed by atoms with Gasteiger partial charge in [-0.1, -0.05) is 26.7 Å². The Morgan fingerprint density at radius 2 is 1.62 bits per heavy atom. The van der Waals surface area contributed by atoms with Crippen molar-refractivity contribution in [3.05, 3.63) is 29.8 Å². The van der Waals surface area contributed by atoms with Gasteiger partial charge < -0.3 is 10.1 Å². The number of nitrogens with zero attached hydrogens (tertiary/aromatic N) is 1. The number of rotatable bonds is 5. The summed E-state index contributed by atoms with van der Waals surface area (Å²) in [6.07, 6.45) is 3.80. The molecule has 1 aliphatic heterocycles. The lowest BCUT2D eigenvalue weighted by Crippen LogP contribution is -2.53. The number of ether oxygens (including phenoxy) is 1. The molecule has 0 spiro atoms. The maximum Gasteiger partial charge on any atom is 0.331 e. The minimum Gasteiger partial charge on any atom is -0.467 e. The molecule has 1 saturated heterocycles. The third kappa shape index (κ3) is 4.48. The maximum atomic E-state index is 13.0. The van der Waals surface area contributed by atoms with E-state index < -0.39 is 27.4 Å². The molecule has 2 unspecified atom stereocenters. The summed E-state index contributed by atoms with van der Waals surface area (Å²) in [4.78, 5) is 25.1. The lowest BCUT2D eigenvalue weighted by atomic mass is 9.94. The van der Waals surface area contributed by atoms with Gasteiger partial charge in [0.15, 0.2) is 0 Å². The van der Waals surface area contributed by atoms with E-state index in [0.717, 1.165) is 19.3 Å². The topological polar surface area (TPSA) is 92.8 Å². The molecule has 1 N–H and O–H groups in total. The second-order valence-electron chi connectivity index (χ2n) is 8.53. The van der Waals surface area contributed by atoms with Crippen molar-refractivity contribution in [2.24, 2.45) is 11.8 Å². The molecule has 1 heterocycles. The maximum absolute atomic E-state index is 13.0. The van der Waals surface area contributed by atoms with E-state index in [0.29, 0.717) is 43.3 Å². The summed E-state index contributed by atoms with van der Waals surface area (Å²) in [7, 11) is -2.28. The molecule has 0 radical (unpaired) electrons. The molecule has 160 valence electrons. The van der Waals surface area contributed by atoms with Gasteiger partial charge in [-0.15, -0.1) is 0 Å².